The highest BCUT2D eigenvalue weighted by molar-refractivity contribution is 7.89. The second kappa shape index (κ2) is 6.34. The Morgan fingerprint density at radius 1 is 1.43 bits per heavy atom. The number of sulfonamides is 1. The quantitative estimate of drug-likeness (QED) is 0.752. The zero-order valence-corrected chi connectivity index (χ0v) is 13.3. The van der Waals surface area contributed by atoms with Crippen molar-refractivity contribution in [3.05, 3.63) is 28.3 Å². The molecular weight excluding hydrogens is 314 g/mol. The Bertz CT molecular complexity index is 653. The van der Waals surface area contributed by atoms with Crippen molar-refractivity contribution in [2.45, 2.75) is 37.5 Å². The van der Waals surface area contributed by atoms with Crippen LogP contribution in [0.2, 0.25) is 5.02 Å². The molecule has 0 heterocycles. The van der Waals surface area contributed by atoms with Crippen molar-refractivity contribution in [2.75, 3.05) is 6.54 Å². The van der Waals surface area contributed by atoms with Crippen LogP contribution in [-0.4, -0.2) is 26.0 Å². The molecule has 1 aliphatic carbocycles. The topological polar surface area (TPSA) is 83.5 Å². The fraction of sp³-hybridized carbons (Fsp3) is 0.500. The van der Waals surface area contributed by atoms with Gasteiger partial charge in [0.1, 0.15) is 0 Å². The molecule has 116 valence electrons. The van der Waals surface area contributed by atoms with Crippen molar-refractivity contribution in [1.29, 1.82) is 0 Å². The van der Waals surface area contributed by atoms with Crippen LogP contribution < -0.4 is 4.72 Å². The summed E-state index contributed by atoms with van der Waals surface area (Å²) in [5, 5.41) is 9.18. The van der Waals surface area contributed by atoms with E-state index in [4.69, 9.17) is 16.7 Å². The molecular formula is C14H18ClNO4S. The molecule has 0 radical (unpaired) electrons. The summed E-state index contributed by atoms with van der Waals surface area (Å²) in [5.41, 5.74) is 0.0995. The number of benzene rings is 1. The third-order valence-corrected chi connectivity index (χ3v) is 5.43. The molecule has 2 rings (SSSR count). The zero-order valence-electron chi connectivity index (χ0n) is 11.7. The van der Waals surface area contributed by atoms with Gasteiger partial charge < -0.3 is 5.11 Å². The summed E-state index contributed by atoms with van der Waals surface area (Å²) in [6.07, 6.45) is 4.29. The van der Waals surface area contributed by atoms with E-state index in [1.807, 2.05) is 0 Å². The summed E-state index contributed by atoms with van der Waals surface area (Å²) in [6, 6.07) is 2.54. The van der Waals surface area contributed by atoms with Gasteiger partial charge in [0.2, 0.25) is 10.0 Å². The van der Waals surface area contributed by atoms with Crippen LogP contribution in [0.1, 0.15) is 41.6 Å². The number of hydrogen-bond donors (Lipinski definition) is 2. The number of aromatic carboxylic acids is 1. The van der Waals surface area contributed by atoms with E-state index in [-0.39, 0.29) is 21.0 Å². The van der Waals surface area contributed by atoms with E-state index in [9.17, 15) is 13.2 Å². The molecule has 1 aromatic rings. The Balaban J connectivity index is 2.16. The Morgan fingerprint density at radius 3 is 2.67 bits per heavy atom. The maximum atomic E-state index is 12.3. The predicted molar refractivity (Wildman–Crippen MR) is 80.3 cm³/mol. The number of hydrogen-bond acceptors (Lipinski definition) is 3. The fourth-order valence-electron chi connectivity index (χ4n) is 2.24. The first kappa shape index (κ1) is 16.3. The Labute approximate surface area is 129 Å². The average Bonchev–Trinajstić information content (AvgIpc) is 3.20. The molecule has 2 N–H and O–H groups in total. The van der Waals surface area contributed by atoms with Crippen LogP contribution >= 0.6 is 11.6 Å². The van der Waals surface area contributed by atoms with E-state index >= 15 is 0 Å². The molecule has 0 amide bonds. The molecule has 1 aliphatic rings. The van der Waals surface area contributed by atoms with Gasteiger partial charge in [-0.1, -0.05) is 24.4 Å². The standard InChI is InChI=1S/C14H18ClNO4S/c1-9-12(14(17)18)7-11(15)8-13(9)21(19,20)16-6-2-3-10-4-5-10/h7-8,10,16H,2-6H2,1H3,(H,17,18). The normalized spacial score (nSPS) is 15.1. The van der Waals surface area contributed by atoms with Crippen molar-refractivity contribution in [1.82, 2.24) is 4.72 Å². The van der Waals surface area contributed by atoms with E-state index in [1.54, 1.807) is 0 Å². The van der Waals surface area contributed by atoms with E-state index < -0.39 is 16.0 Å². The largest absolute Gasteiger partial charge is 0.478 e. The van der Waals surface area contributed by atoms with Crippen LogP contribution in [0, 0.1) is 12.8 Å². The molecule has 7 heteroatoms. The number of carboxylic acids is 1. The van der Waals surface area contributed by atoms with E-state index in [2.05, 4.69) is 4.72 Å². The van der Waals surface area contributed by atoms with Gasteiger partial charge in [-0.05, 0) is 43.4 Å². The highest BCUT2D eigenvalue weighted by Gasteiger charge is 2.23. The van der Waals surface area contributed by atoms with Gasteiger partial charge in [0.05, 0.1) is 10.5 Å². The summed E-state index contributed by atoms with van der Waals surface area (Å²) in [7, 11) is -3.74. The molecule has 0 bridgehead atoms. The lowest BCUT2D eigenvalue weighted by molar-refractivity contribution is 0.0696. The Hall–Kier alpha value is -1.11. The number of carbonyl (C=O) groups is 1. The molecule has 21 heavy (non-hydrogen) atoms. The van der Waals surface area contributed by atoms with Gasteiger partial charge in [0.25, 0.3) is 0 Å². The maximum absolute atomic E-state index is 12.3. The first-order valence-electron chi connectivity index (χ1n) is 6.84. The number of carboxylic acid groups (broad SMARTS) is 1. The highest BCUT2D eigenvalue weighted by atomic mass is 35.5. The van der Waals surface area contributed by atoms with Crippen molar-refractivity contribution in [3.63, 3.8) is 0 Å². The average molecular weight is 332 g/mol. The summed E-state index contributed by atoms with van der Waals surface area (Å²) in [4.78, 5) is 11.1. The SMILES string of the molecule is Cc1c(C(=O)O)cc(Cl)cc1S(=O)(=O)NCCCC1CC1. The molecule has 0 unspecified atom stereocenters. The summed E-state index contributed by atoms with van der Waals surface area (Å²) >= 11 is 5.83. The second-order valence-corrected chi connectivity index (χ2v) is 7.54. The van der Waals surface area contributed by atoms with Crippen LogP contribution in [0.3, 0.4) is 0 Å². The monoisotopic (exact) mass is 331 g/mol. The lowest BCUT2D eigenvalue weighted by Crippen LogP contribution is -2.26. The molecule has 0 atom stereocenters. The van der Waals surface area contributed by atoms with Crippen molar-refractivity contribution < 1.29 is 18.3 Å². The van der Waals surface area contributed by atoms with Crippen LogP contribution in [-0.2, 0) is 10.0 Å². The smallest absolute Gasteiger partial charge is 0.336 e. The minimum Gasteiger partial charge on any atom is -0.478 e. The van der Waals surface area contributed by atoms with Gasteiger partial charge in [-0.15, -0.1) is 0 Å². The predicted octanol–water partition coefficient (Wildman–Crippen LogP) is 2.82. The maximum Gasteiger partial charge on any atom is 0.336 e. The summed E-state index contributed by atoms with van der Waals surface area (Å²) in [5.74, 6) is -0.443. The van der Waals surface area contributed by atoms with Gasteiger partial charge in [0, 0.05) is 11.6 Å². The minimum atomic E-state index is -3.74. The lowest BCUT2D eigenvalue weighted by atomic mass is 10.1. The molecule has 0 aliphatic heterocycles. The Morgan fingerprint density at radius 2 is 2.10 bits per heavy atom. The van der Waals surface area contributed by atoms with Gasteiger partial charge >= 0.3 is 5.97 Å². The van der Waals surface area contributed by atoms with E-state index in [0.717, 1.165) is 18.8 Å². The molecule has 0 spiro atoms. The van der Waals surface area contributed by atoms with Crippen molar-refractivity contribution in [3.8, 4) is 0 Å². The third-order valence-electron chi connectivity index (χ3n) is 3.62. The molecule has 1 fully saturated rings. The highest BCUT2D eigenvalue weighted by Crippen LogP contribution is 2.33. The van der Waals surface area contributed by atoms with Crippen molar-refractivity contribution >= 4 is 27.6 Å². The van der Waals surface area contributed by atoms with E-state index in [1.165, 1.54) is 31.9 Å². The van der Waals surface area contributed by atoms with Crippen LogP contribution in [0.5, 0.6) is 0 Å². The summed E-state index contributed by atoms with van der Waals surface area (Å²) < 4.78 is 27.1. The molecule has 1 saturated carbocycles. The van der Waals surface area contributed by atoms with Crippen molar-refractivity contribution in [2.24, 2.45) is 5.92 Å². The number of rotatable bonds is 7. The van der Waals surface area contributed by atoms with Gasteiger partial charge in [-0.25, -0.2) is 17.9 Å². The lowest BCUT2D eigenvalue weighted by Gasteiger charge is -2.12. The van der Waals surface area contributed by atoms with Crippen LogP contribution in [0.15, 0.2) is 17.0 Å². The molecule has 1 aromatic carbocycles. The van der Waals surface area contributed by atoms with Crippen LogP contribution in [0.4, 0.5) is 0 Å². The molecule has 5 nitrogen and oxygen atoms in total. The number of nitrogens with one attached hydrogen (secondary N) is 1. The van der Waals surface area contributed by atoms with Crippen LogP contribution in [0.25, 0.3) is 0 Å². The third kappa shape index (κ3) is 4.18. The first-order valence-corrected chi connectivity index (χ1v) is 8.70. The molecule has 0 saturated heterocycles. The minimum absolute atomic E-state index is 0.0705. The van der Waals surface area contributed by atoms with Gasteiger partial charge in [-0.2, -0.15) is 0 Å². The van der Waals surface area contributed by atoms with Gasteiger partial charge in [0.15, 0.2) is 0 Å². The molecule has 0 aromatic heterocycles. The van der Waals surface area contributed by atoms with Gasteiger partial charge in [-0.3, -0.25) is 0 Å². The Kier molecular flexibility index (Phi) is 4.91. The van der Waals surface area contributed by atoms with E-state index in [0.29, 0.717) is 6.54 Å². The first-order chi connectivity index (χ1) is 9.81. The second-order valence-electron chi connectivity index (χ2n) is 5.37. The fourth-order valence-corrected chi connectivity index (χ4v) is 3.88. The number of halogens is 1. The summed E-state index contributed by atoms with van der Waals surface area (Å²) in [6.45, 7) is 1.83. The zero-order chi connectivity index (χ0) is 15.6.